The third kappa shape index (κ3) is 5.44. The molecule has 2 N–H and O–H groups in total. The first-order chi connectivity index (χ1) is 11.8. The average Bonchev–Trinajstić information content (AvgIpc) is 3.00. The van der Waals surface area contributed by atoms with Crippen LogP contribution in [0.1, 0.15) is 5.56 Å². The van der Waals surface area contributed by atoms with Gasteiger partial charge in [-0.25, -0.2) is 4.98 Å². The van der Waals surface area contributed by atoms with E-state index in [4.69, 9.17) is 0 Å². The van der Waals surface area contributed by atoms with Gasteiger partial charge in [0.1, 0.15) is 12.4 Å². The van der Waals surface area contributed by atoms with E-state index < -0.39 is 22.6 Å². The Morgan fingerprint density at radius 2 is 2.04 bits per heavy atom. The topological polar surface area (TPSA) is 115 Å². The number of rotatable bonds is 7. The highest BCUT2D eigenvalue weighted by Gasteiger charge is 2.30. The van der Waals surface area contributed by atoms with Crippen LogP contribution in [0.15, 0.2) is 30.6 Å². The van der Waals surface area contributed by atoms with E-state index in [-0.39, 0.29) is 31.3 Å². The average molecular weight is 358 g/mol. The minimum absolute atomic E-state index is 0.185. The van der Waals surface area contributed by atoms with Crippen molar-refractivity contribution in [2.45, 2.75) is 12.7 Å². The molecule has 0 aromatic carbocycles. The lowest BCUT2D eigenvalue weighted by Gasteiger charge is -2.09. The van der Waals surface area contributed by atoms with Crippen molar-refractivity contribution in [3.8, 4) is 0 Å². The maximum absolute atomic E-state index is 12.4. The zero-order chi connectivity index (χ0) is 18.4. The summed E-state index contributed by atoms with van der Waals surface area (Å²) in [5.41, 5.74) is -0.848. The summed E-state index contributed by atoms with van der Waals surface area (Å²) in [6.07, 6.45) is -2.42. The summed E-state index contributed by atoms with van der Waals surface area (Å²) < 4.78 is 38.3. The number of nitrogens with one attached hydrogen (secondary N) is 2. The molecule has 2 aromatic heterocycles. The van der Waals surface area contributed by atoms with Crippen molar-refractivity contribution in [3.05, 3.63) is 46.3 Å². The van der Waals surface area contributed by atoms with Gasteiger partial charge in [-0.2, -0.15) is 17.9 Å². The lowest BCUT2D eigenvalue weighted by atomic mass is 10.3. The van der Waals surface area contributed by atoms with Crippen molar-refractivity contribution in [1.82, 2.24) is 20.1 Å². The second-order valence-electron chi connectivity index (χ2n) is 4.84. The number of hydrogen-bond acceptors (Lipinski definition) is 6. The Kier molecular flexibility index (Phi) is 5.52. The van der Waals surface area contributed by atoms with Crippen LogP contribution in [0, 0.1) is 10.1 Å². The molecule has 134 valence electrons. The summed E-state index contributed by atoms with van der Waals surface area (Å²) in [4.78, 5) is 25.1. The number of nitro groups is 1. The molecular weight excluding hydrogens is 345 g/mol. The molecule has 0 bridgehead atoms. The monoisotopic (exact) mass is 358 g/mol. The molecule has 2 heterocycles. The number of alkyl halides is 3. The van der Waals surface area contributed by atoms with Gasteiger partial charge >= 0.3 is 12.0 Å². The van der Waals surface area contributed by atoms with Gasteiger partial charge in [-0.3, -0.25) is 4.79 Å². The molecule has 0 aliphatic carbocycles. The lowest BCUT2D eigenvalue weighted by Crippen LogP contribution is -2.31. The van der Waals surface area contributed by atoms with Gasteiger partial charge in [0.05, 0.1) is 22.9 Å². The third-order valence-corrected chi connectivity index (χ3v) is 2.96. The summed E-state index contributed by atoms with van der Waals surface area (Å²) in [6.45, 7) is 0.237. The minimum atomic E-state index is -4.44. The Labute approximate surface area is 139 Å². The van der Waals surface area contributed by atoms with Crippen molar-refractivity contribution in [2.24, 2.45) is 0 Å². The van der Waals surface area contributed by atoms with E-state index in [0.29, 0.717) is 6.20 Å². The molecule has 9 nitrogen and oxygen atoms in total. The predicted octanol–water partition coefficient (Wildman–Crippen LogP) is 1.43. The molecule has 2 aromatic rings. The first kappa shape index (κ1) is 18.2. The highest BCUT2D eigenvalue weighted by Crippen LogP contribution is 2.28. The molecule has 0 fully saturated rings. The first-order valence-corrected chi connectivity index (χ1v) is 6.97. The molecule has 0 spiro atoms. The van der Waals surface area contributed by atoms with Crippen LogP contribution in [0.4, 0.5) is 24.8 Å². The Balaban J connectivity index is 1.71. The van der Waals surface area contributed by atoms with Gasteiger partial charge in [-0.1, -0.05) is 0 Å². The Morgan fingerprint density at radius 1 is 1.28 bits per heavy atom. The number of halogens is 3. The van der Waals surface area contributed by atoms with E-state index in [2.05, 4.69) is 20.7 Å². The molecule has 0 atom stereocenters. The summed E-state index contributed by atoms with van der Waals surface area (Å²) >= 11 is 0. The van der Waals surface area contributed by atoms with Gasteiger partial charge in [0.15, 0.2) is 0 Å². The van der Waals surface area contributed by atoms with Gasteiger partial charge in [-0.15, -0.1) is 0 Å². The van der Waals surface area contributed by atoms with E-state index in [1.54, 1.807) is 0 Å². The van der Waals surface area contributed by atoms with E-state index in [0.717, 1.165) is 10.7 Å². The third-order valence-electron chi connectivity index (χ3n) is 2.96. The SMILES string of the molecule is O=C(Cn1ccc([N+](=O)[O-])n1)NCCNc1ccc(C(F)(F)F)cn1. The zero-order valence-electron chi connectivity index (χ0n) is 12.7. The highest BCUT2D eigenvalue weighted by molar-refractivity contribution is 5.75. The van der Waals surface area contributed by atoms with Crippen LogP contribution in [0.5, 0.6) is 0 Å². The summed E-state index contributed by atoms with van der Waals surface area (Å²) in [7, 11) is 0. The standard InChI is InChI=1S/C13H13F3N6O3/c14-13(15,16)9-1-2-10(19-7-9)17-4-5-18-12(23)8-21-6-3-11(20-21)22(24)25/h1-3,6-7H,4-5,8H2,(H,17,19)(H,18,23). The normalized spacial score (nSPS) is 11.2. The van der Waals surface area contributed by atoms with Crippen molar-refractivity contribution < 1.29 is 22.9 Å². The van der Waals surface area contributed by atoms with Crippen molar-refractivity contribution >= 4 is 17.5 Å². The quantitative estimate of drug-likeness (QED) is 0.440. The molecule has 0 aliphatic rings. The number of anilines is 1. The van der Waals surface area contributed by atoms with Crippen molar-refractivity contribution in [3.63, 3.8) is 0 Å². The molecule has 25 heavy (non-hydrogen) atoms. The number of hydrogen-bond donors (Lipinski definition) is 2. The van der Waals surface area contributed by atoms with E-state index in [1.807, 2.05) is 0 Å². The molecule has 12 heteroatoms. The van der Waals surface area contributed by atoms with Crippen LogP contribution in [-0.2, 0) is 17.5 Å². The van der Waals surface area contributed by atoms with Crippen LogP contribution >= 0.6 is 0 Å². The fourth-order valence-electron chi connectivity index (χ4n) is 1.80. The van der Waals surface area contributed by atoms with Crippen LogP contribution in [0.3, 0.4) is 0 Å². The van der Waals surface area contributed by atoms with Gasteiger partial charge in [0, 0.05) is 19.3 Å². The van der Waals surface area contributed by atoms with Crippen molar-refractivity contribution in [1.29, 1.82) is 0 Å². The van der Waals surface area contributed by atoms with Gasteiger partial charge in [0.25, 0.3) is 0 Å². The fraction of sp³-hybridized carbons (Fsp3) is 0.308. The Hall–Kier alpha value is -3.18. The number of aromatic nitrogens is 3. The fourth-order valence-corrected chi connectivity index (χ4v) is 1.80. The van der Waals surface area contributed by atoms with Crippen LogP contribution in [-0.4, -0.2) is 38.7 Å². The molecule has 2 rings (SSSR count). The summed E-state index contributed by atoms with van der Waals surface area (Å²) in [5.74, 6) is -0.534. The maximum atomic E-state index is 12.4. The Morgan fingerprint density at radius 3 is 2.60 bits per heavy atom. The predicted molar refractivity (Wildman–Crippen MR) is 79.6 cm³/mol. The number of nitrogens with zero attached hydrogens (tertiary/aromatic N) is 4. The molecule has 0 saturated carbocycles. The zero-order valence-corrected chi connectivity index (χ0v) is 12.7. The molecule has 1 amide bonds. The maximum Gasteiger partial charge on any atom is 0.417 e. The van der Waals surface area contributed by atoms with E-state index >= 15 is 0 Å². The number of amides is 1. The minimum Gasteiger partial charge on any atom is -0.368 e. The lowest BCUT2D eigenvalue weighted by molar-refractivity contribution is -0.389. The number of pyridine rings is 1. The molecule has 0 unspecified atom stereocenters. The van der Waals surface area contributed by atoms with Gasteiger partial charge in [-0.05, 0) is 17.1 Å². The highest BCUT2D eigenvalue weighted by atomic mass is 19.4. The summed E-state index contributed by atoms with van der Waals surface area (Å²) in [6, 6.07) is 3.26. The molecular formula is C13H13F3N6O3. The van der Waals surface area contributed by atoms with Crippen molar-refractivity contribution in [2.75, 3.05) is 18.4 Å². The second kappa shape index (κ2) is 7.59. The number of carbonyl (C=O) groups is 1. The first-order valence-electron chi connectivity index (χ1n) is 6.97. The largest absolute Gasteiger partial charge is 0.417 e. The number of carbonyl (C=O) groups excluding carboxylic acids is 1. The molecule has 0 radical (unpaired) electrons. The smallest absolute Gasteiger partial charge is 0.368 e. The van der Waals surface area contributed by atoms with Gasteiger partial charge < -0.3 is 20.7 Å². The summed E-state index contributed by atoms with van der Waals surface area (Å²) in [5, 5.41) is 19.4. The second-order valence-corrected chi connectivity index (χ2v) is 4.84. The van der Waals surface area contributed by atoms with Crippen LogP contribution < -0.4 is 10.6 Å². The molecule has 0 aliphatic heterocycles. The van der Waals surface area contributed by atoms with Crippen LogP contribution in [0.25, 0.3) is 0 Å². The van der Waals surface area contributed by atoms with Crippen LogP contribution in [0.2, 0.25) is 0 Å². The van der Waals surface area contributed by atoms with E-state index in [1.165, 1.54) is 18.3 Å². The van der Waals surface area contributed by atoms with Gasteiger partial charge in [0.2, 0.25) is 5.91 Å². The van der Waals surface area contributed by atoms with E-state index in [9.17, 15) is 28.1 Å². The Bertz CT molecular complexity index is 744. The molecule has 0 saturated heterocycles.